The molecule has 108 valence electrons. The van der Waals surface area contributed by atoms with Crippen LogP contribution in [0.3, 0.4) is 0 Å². The third-order valence-corrected chi connectivity index (χ3v) is 2.50. The highest BCUT2D eigenvalue weighted by Crippen LogP contribution is 2.14. The highest BCUT2D eigenvalue weighted by molar-refractivity contribution is 5.69. The molecule has 4 heteroatoms. The van der Waals surface area contributed by atoms with Gasteiger partial charge in [-0.1, -0.05) is 45.4 Å². The Balaban J connectivity index is 3.74. The molecule has 0 radical (unpaired) electrons. The lowest BCUT2D eigenvalue weighted by Crippen LogP contribution is -2.39. The normalized spacial score (nSPS) is 13.6. The molecule has 1 atom stereocenters. The number of carbonyl (C=O) groups excluding carboxylic acids is 1. The number of unbranched alkanes of at least 4 members (excludes halogenated alkanes) is 5. The summed E-state index contributed by atoms with van der Waals surface area (Å²) in [7, 11) is 0. The summed E-state index contributed by atoms with van der Waals surface area (Å²) in [5.74, 6) is -1.20. The zero-order valence-corrected chi connectivity index (χ0v) is 12.2. The predicted octanol–water partition coefficient (Wildman–Crippen LogP) is 2.60. The third kappa shape index (κ3) is 10.5. The van der Waals surface area contributed by atoms with Gasteiger partial charge in [-0.15, -0.1) is 0 Å². The van der Waals surface area contributed by atoms with Crippen molar-refractivity contribution in [2.75, 3.05) is 0 Å². The summed E-state index contributed by atoms with van der Waals surface area (Å²) in [5, 5.41) is 10.9. The van der Waals surface area contributed by atoms with Crippen molar-refractivity contribution in [2.24, 2.45) is 0 Å². The van der Waals surface area contributed by atoms with Gasteiger partial charge in [0.1, 0.15) is 6.10 Å². The SMILES string of the molecule is CCCCCCCCC(OOC(C)(C)C)C(=O)[O-]. The van der Waals surface area contributed by atoms with E-state index in [1.807, 2.05) is 20.8 Å². The lowest BCUT2D eigenvalue weighted by atomic mass is 10.1. The smallest absolute Gasteiger partial charge is 0.132 e. The standard InChI is InChI=1S/C14H28O4/c1-5-6-7-8-9-10-11-12(13(15)16)17-18-14(2,3)4/h12H,5-11H2,1-4H3,(H,15,16)/p-1. The molecule has 0 bridgehead atoms. The Kier molecular flexibility index (Phi) is 9.02. The highest BCUT2D eigenvalue weighted by Gasteiger charge is 2.17. The van der Waals surface area contributed by atoms with Crippen molar-refractivity contribution in [1.29, 1.82) is 0 Å². The molecule has 0 saturated heterocycles. The summed E-state index contributed by atoms with van der Waals surface area (Å²) in [6.45, 7) is 7.60. The molecule has 0 aliphatic carbocycles. The first kappa shape index (κ1) is 17.4. The van der Waals surface area contributed by atoms with E-state index < -0.39 is 17.7 Å². The topological polar surface area (TPSA) is 58.6 Å². The molecule has 0 N–H and O–H groups in total. The van der Waals surface area contributed by atoms with Gasteiger partial charge in [-0.2, -0.15) is 0 Å². The van der Waals surface area contributed by atoms with Gasteiger partial charge in [-0.25, -0.2) is 9.78 Å². The first-order valence-electron chi connectivity index (χ1n) is 6.92. The van der Waals surface area contributed by atoms with E-state index in [9.17, 15) is 9.90 Å². The third-order valence-electron chi connectivity index (χ3n) is 2.50. The molecule has 0 aliphatic heterocycles. The molecule has 0 aromatic carbocycles. The lowest BCUT2D eigenvalue weighted by Gasteiger charge is -2.23. The molecule has 0 aromatic heterocycles. The fourth-order valence-electron chi connectivity index (χ4n) is 1.52. The molecule has 0 aromatic rings. The van der Waals surface area contributed by atoms with Crippen molar-refractivity contribution in [2.45, 2.75) is 84.3 Å². The van der Waals surface area contributed by atoms with Crippen LogP contribution >= 0.6 is 0 Å². The molecule has 0 aliphatic rings. The van der Waals surface area contributed by atoms with Crippen molar-refractivity contribution < 1.29 is 19.7 Å². The largest absolute Gasteiger partial charge is 0.547 e. The second-order valence-corrected chi connectivity index (χ2v) is 5.66. The van der Waals surface area contributed by atoms with Crippen LogP contribution in [0.5, 0.6) is 0 Å². The molecular weight excluding hydrogens is 232 g/mol. The van der Waals surface area contributed by atoms with Gasteiger partial charge >= 0.3 is 0 Å². The van der Waals surface area contributed by atoms with Crippen molar-refractivity contribution in [3.05, 3.63) is 0 Å². The first-order chi connectivity index (χ1) is 8.37. The van der Waals surface area contributed by atoms with Crippen LogP contribution in [0.15, 0.2) is 0 Å². The summed E-state index contributed by atoms with van der Waals surface area (Å²) in [4.78, 5) is 20.8. The van der Waals surface area contributed by atoms with E-state index in [-0.39, 0.29) is 0 Å². The van der Waals surface area contributed by atoms with E-state index in [0.717, 1.165) is 19.3 Å². The number of aliphatic carboxylic acids is 1. The number of rotatable bonds is 10. The van der Waals surface area contributed by atoms with E-state index in [0.29, 0.717) is 6.42 Å². The summed E-state index contributed by atoms with van der Waals surface area (Å²) in [6, 6.07) is 0. The number of carbonyl (C=O) groups is 1. The second-order valence-electron chi connectivity index (χ2n) is 5.66. The van der Waals surface area contributed by atoms with Gasteiger partial charge in [0.25, 0.3) is 0 Å². The number of hydrogen-bond acceptors (Lipinski definition) is 4. The minimum absolute atomic E-state index is 0.449. The predicted molar refractivity (Wildman–Crippen MR) is 68.7 cm³/mol. The average molecular weight is 259 g/mol. The van der Waals surface area contributed by atoms with E-state index in [1.54, 1.807) is 0 Å². The van der Waals surface area contributed by atoms with Gasteiger partial charge in [0.15, 0.2) is 0 Å². The van der Waals surface area contributed by atoms with Crippen LogP contribution in [0.1, 0.15) is 72.6 Å². The van der Waals surface area contributed by atoms with Crippen LogP contribution in [-0.4, -0.2) is 17.7 Å². The maximum absolute atomic E-state index is 10.9. The van der Waals surface area contributed by atoms with Crippen LogP contribution in [0.4, 0.5) is 0 Å². The minimum atomic E-state index is -1.20. The fraction of sp³-hybridized carbons (Fsp3) is 0.929. The van der Waals surface area contributed by atoms with Crippen LogP contribution in [0.2, 0.25) is 0 Å². The number of carboxylic acids is 1. The van der Waals surface area contributed by atoms with E-state index in [1.165, 1.54) is 19.3 Å². The number of carboxylic acid groups (broad SMARTS) is 1. The molecule has 1 unspecified atom stereocenters. The second kappa shape index (κ2) is 9.34. The molecule has 0 heterocycles. The maximum Gasteiger partial charge on any atom is 0.132 e. The van der Waals surface area contributed by atoms with Crippen molar-refractivity contribution >= 4 is 5.97 Å². The highest BCUT2D eigenvalue weighted by atomic mass is 17.2. The Labute approximate surface area is 111 Å². The van der Waals surface area contributed by atoms with E-state index in [2.05, 4.69) is 6.92 Å². The van der Waals surface area contributed by atoms with Crippen LogP contribution < -0.4 is 5.11 Å². The quantitative estimate of drug-likeness (QED) is 0.344. The van der Waals surface area contributed by atoms with Crippen LogP contribution in [0, 0.1) is 0 Å². The Morgan fingerprint density at radius 1 is 1.11 bits per heavy atom. The fourth-order valence-corrected chi connectivity index (χ4v) is 1.52. The van der Waals surface area contributed by atoms with E-state index in [4.69, 9.17) is 9.78 Å². The Morgan fingerprint density at radius 2 is 1.67 bits per heavy atom. The van der Waals surface area contributed by atoms with Gasteiger partial charge in [0.05, 0.1) is 11.6 Å². The van der Waals surface area contributed by atoms with Gasteiger partial charge in [0, 0.05) is 0 Å². The summed E-state index contributed by atoms with van der Waals surface area (Å²) < 4.78 is 0. The Bertz CT molecular complexity index is 220. The van der Waals surface area contributed by atoms with Crippen LogP contribution in [0.25, 0.3) is 0 Å². The molecule has 0 fully saturated rings. The van der Waals surface area contributed by atoms with Crippen molar-refractivity contribution in [3.8, 4) is 0 Å². The summed E-state index contributed by atoms with van der Waals surface area (Å²) in [5.41, 5.74) is -0.505. The molecule has 0 rings (SSSR count). The van der Waals surface area contributed by atoms with Crippen molar-refractivity contribution in [3.63, 3.8) is 0 Å². The molecular formula is C14H27O4-. The van der Waals surface area contributed by atoms with Gasteiger partial charge in [-0.05, 0) is 27.2 Å². The van der Waals surface area contributed by atoms with Crippen molar-refractivity contribution in [1.82, 2.24) is 0 Å². The zero-order chi connectivity index (χ0) is 14.0. The zero-order valence-electron chi connectivity index (χ0n) is 12.2. The average Bonchev–Trinajstić information content (AvgIpc) is 2.25. The Hall–Kier alpha value is -0.610. The van der Waals surface area contributed by atoms with Crippen LogP contribution in [-0.2, 0) is 14.6 Å². The number of hydrogen-bond donors (Lipinski definition) is 0. The molecule has 0 amide bonds. The minimum Gasteiger partial charge on any atom is -0.547 e. The monoisotopic (exact) mass is 259 g/mol. The van der Waals surface area contributed by atoms with Gasteiger partial charge in [0.2, 0.25) is 0 Å². The lowest BCUT2D eigenvalue weighted by molar-refractivity contribution is -0.392. The first-order valence-corrected chi connectivity index (χ1v) is 6.92. The summed E-state index contributed by atoms with van der Waals surface area (Å²) >= 11 is 0. The molecule has 18 heavy (non-hydrogen) atoms. The van der Waals surface area contributed by atoms with E-state index >= 15 is 0 Å². The Morgan fingerprint density at radius 3 is 2.17 bits per heavy atom. The maximum atomic E-state index is 10.9. The molecule has 4 nitrogen and oxygen atoms in total. The van der Waals surface area contributed by atoms with Gasteiger partial charge in [-0.3, -0.25) is 0 Å². The molecule has 0 saturated carbocycles. The molecule has 0 spiro atoms. The summed E-state index contributed by atoms with van der Waals surface area (Å²) in [6.07, 6.45) is 6.16. The van der Waals surface area contributed by atoms with Gasteiger partial charge < -0.3 is 9.90 Å².